The summed E-state index contributed by atoms with van der Waals surface area (Å²) in [4.78, 5) is 21.5. The highest BCUT2D eigenvalue weighted by molar-refractivity contribution is 7.99. The molecule has 166 valence electrons. The van der Waals surface area contributed by atoms with Gasteiger partial charge < -0.3 is 4.90 Å². The van der Waals surface area contributed by atoms with Crippen molar-refractivity contribution in [2.45, 2.75) is 38.4 Å². The number of aromatic nitrogens is 2. The van der Waals surface area contributed by atoms with Gasteiger partial charge in [-0.1, -0.05) is 54.1 Å². The molecule has 32 heavy (non-hydrogen) atoms. The molecule has 1 aliphatic rings. The van der Waals surface area contributed by atoms with Gasteiger partial charge in [0.25, 0.3) is 5.56 Å². The van der Waals surface area contributed by atoms with Crippen LogP contribution < -0.4 is 10.5 Å². The monoisotopic (exact) mass is 445 g/mol. The number of rotatable bonds is 6. The van der Waals surface area contributed by atoms with E-state index in [0.29, 0.717) is 16.6 Å². The van der Waals surface area contributed by atoms with Gasteiger partial charge in [-0.15, -0.1) is 0 Å². The zero-order valence-electron chi connectivity index (χ0n) is 19.1. The van der Waals surface area contributed by atoms with Crippen LogP contribution in [0.3, 0.4) is 0 Å². The van der Waals surface area contributed by atoms with E-state index in [1.165, 1.54) is 6.42 Å². The third-order valence-corrected chi connectivity index (χ3v) is 6.88. The molecule has 1 aromatic heterocycles. The van der Waals surface area contributed by atoms with Crippen molar-refractivity contribution in [3.05, 3.63) is 82.2 Å². The standard InChI is InChI=1S/C27H31N3OS/c1-20-12-15-23(16-13-20)30-25(22-10-6-4-7-11-22)28-26(29-18-8-5-9-19-29)24(27(30)31)17-14-21(2)32-3/h4,6-7,10-17,21H,5,8-9,18-19H2,1-3H3/b17-14+. The van der Waals surface area contributed by atoms with Crippen molar-refractivity contribution in [2.24, 2.45) is 0 Å². The molecule has 1 saturated heterocycles. The second-order valence-corrected chi connectivity index (χ2v) is 9.58. The topological polar surface area (TPSA) is 38.1 Å². The summed E-state index contributed by atoms with van der Waals surface area (Å²) >= 11 is 1.76. The maximum Gasteiger partial charge on any atom is 0.267 e. The summed E-state index contributed by atoms with van der Waals surface area (Å²) in [5, 5.41) is 0.324. The minimum absolute atomic E-state index is 0.0205. The number of hydrogen-bond donors (Lipinski definition) is 0. The molecule has 1 unspecified atom stereocenters. The molecule has 0 aliphatic carbocycles. The Hall–Kier alpha value is -2.79. The first kappa shape index (κ1) is 22.4. The molecule has 5 heteroatoms. The lowest BCUT2D eigenvalue weighted by Gasteiger charge is -2.30. The summed E-state index contributed by atoms with van der Waals surface area (Å²) in [6.45, 7) is 6.08. The van der Waals surface area contributed by atoms with E-state index in [0.717, 1.165) is 48.6 Å². The lowest BCUT2D eigenvalue weighted by molar-refractivity contribution is 0.572. The summed E-state index contributed by atoms with van der Waals surface area (Å²) in [5.41, 5.74) is 3.59. The lowest BCUT2D eigenvalue weighted by Crippen LogP contribution is -2.35. The minimum Gasteiger partial charge on any atom is -0.356 e. The van der Waals surface area contributed by atoms with Gasteiger partial charge in [0.2, 0.25) is 0 Å². The van der Waals surface area contributed by atoms with Crippen molar-refractivity contribution in [3.63, 3.8) is 0 Å². The first-order chi connectivity index (χ1) is 15.6. The maximum absolute atomic E-state index is 14.1. The Bertz CT molecular complexity index is 1130. The first-order valence-corrected chi connectivity index (χ1v) is 12.6. The van der Waals surface area contributed by atoms with Crippen molar-refractivity contribution in [3.8, 4) is 17.1 Å². The van der Waals surface area contributed by atoms with Crippen LogP contribution in [0, 0.1) is 6.92 Å². The van der Waals surface area contributed by atoms with Gasteiger partial charge in [-0.05, 0) is 57.6 Å². The molecule has 1 aliphatic heterocycles. The predicted molar refractivity (Wildman–Crippen MR) is 138 cm³/mol. The number of anilines is 1. The molecule has 0 N–H and O–H groups in total. The van der Waals surface area contributed by atoms with Gasteiger partial charge in [-0.25, -0.2) is 4.98 Å². The Labute approximate surface area is 195 Å². The van der Waals surface area contributed by atoms with E-state index >= 15 is 0 Å². The molecule has 2 aromatic carbocycles. The fourth-order valence-corrected chi connectivity index (χ4v) is 4.28. The molecule has 0 spiro atoms. The number of nitrogens with zero attached hydrogens (tertiary/aromatic N) is 3. The molecule has 1 fully saturated rings. The second-order valence-electron chi connectivity index (χ2n) is 8.36. The van der Waals surface area contributed by atoms with Crippen LogP contribution in [-0.4, -0.2) is 34.1 Å². The summed E-state index contributed by atoms with van der Waals surface area (Å²) in [7, 11) is 0. The van der Waals surface area contributed by atoms with Crippen LogP contribution in [0.1, 0.15) is 37.3 Å². The number of hydrogen-bond acceptors (Lipinski definition) is 4. The van der Waals surface area contributed by atoms with E-state index < -0.39 is 0 Å². The Morgan fingerprint density at radius 3 is 2.34 bits per heavy atom. The van der Waals surface area contributed by atoms with Crippen LogP contribution in [0.4, 0.5) is 5.82 Å². The normalized spacial score (nSPS) is 15.3. The van der Waals surface area contributed by atoms with Crippen LogP contribution in [0.25, 0.3) is 23.2 Å². The molecule has 1 atom stereocenters. The van der Waals surface area contributed by atoms with Crippen LogP contribution >= 0.6 is 11.8 Å². The van der Waals surface area contributed by atoms with Gasteiger partial charge in [0.05, 0.1) is 11.3 Å². The van der Waals surface area contributed by atoms with Gasteiger partial charge in [-0.3, -0.25) is 9.36 Å². The summed E-state index contributed by atoms with van der Waals surface area (Å²) in [6, 6.07) is 18.1. The third kappa shape index (κ3) is 4.83. The molecule has 0 radical (unpaired) electrons. The number of aryl methyl sites for hydroxylation is 1. The highest BCUT2D eigenvalue weighted by atomic mass is 32.2. The zero-order valence-corrected chi connectivity index (χ0v) is 19.9. The van der Waals surface area contributed by atoms with Crippen molar-refractivity contribution in [1.29, 1.82) is 0 Å². The first-order valence-electron chi connectivity index (χ1n) is 11.3. The Balaban J connectivity index is 1.99. The molecular formula is C27H31N3OS. The van der Waals surface area contributed by atoms with Crippen LogP contribution in [0.2, 0.25) is 0 Å². The molecule has 0 bridgehead atoms. The van der Waals surface area contributed by atoms with E-state index in [9.17, 15) is 4.79 Å². The van der Waals surface area contributed by atoms with Crippen molar-refractivity contribution < 1.29 is 0 Å². The zero-order chi connectivity index (χ0) is 22.5. The van der Waals surface area contributed by atoms with Gasteiger partial charge in [-0.2, -0.15) is 11.8 Å². The molecular weight excluding hydrogens is 414 g/mol. The van der Waals surface area contributed by atoms with Crippen LogP contribution in [0.15, 0.2) is 65.5 Å². The van der Waals surface area contributed by atoms with Gasteiger partial charge in [0.15, 0.2) is 0 Å². The predicted octanol–water partition coefficient (Wildman–Crippen LogP) is 5.96. The summed E-state index contributed by atoms with van der Waals surface area (Å²) < 4.78 is 1.77. The maximum atomic E-state index is 14.1. The molecule has 3 aromatic rings. The molecule has 2 heterocycles. The van der Waals surface area contributed by atoms with E-state index in [1.54, 1.807) is 16.3 Å². The average Bonchev–Trinajstić information content (AvgIpc) is 2.84. The Kier molecular flexibility index (Phi) is 7.15. The quantitative estimate of drug-likeness (QED) is 0.469. The van der Waals surface area contributed by atoms with Crippen molar-refractivity contribution in [1.82, 2.24) is 9.55 Å². The molecule has 4 rings (SSSR count). The minimum atomic E-state index is -0.0205. The van der Waals surface area contributed by atoms with Gasteiger partial charge in [0.1, 0.15) is 11.6 Å². The number of thioether (sulfide) groups is 1. The fraction of sp³-hybridized carbons (Fsp3) is 0.333. The number of benzene rings is 2. The second kappa shape index (κ2) is 10.2. The smallest absolute Gasteiger partial charge is 0.267 e. The fourth-order valence-electron chi connectivity index (χ4n) is 4.04. The van der Waals surface area contributed by atoms with Crippen LogP contribution in [0.5, 0.6) is 0 Å². The molecule has 0 amide bonds. The van der Waals surface area contributed by atoms with Gasteiger partial charge >= 0.3 is 0 Å². The van der Waals surface area contributed by atoms with Crippen molar-refractivity contribution >= 4 is 23.7 Å². The van der Waals surface area contributed by atoms with Crippen molar-refractivity contribution in [2.75, 3.05) is 24.2 Å². The Morgan fingerprint density at radius 2 is 1.69 bits per heavy atom. The third-order valence-electron chi connectivity index (χ3n) is 5.98. The van der Waals surface area contributed by atoms with Gasteiger partial charge in [0, 0.05) is 23.9 Å². The largest absolute Gasteiger partial charge is 0.356 e. The summed E-state index contributed by atoms with van der Waals surface area (Å²) in [5.74, 6) is 1.50. The molecule has 0 saturated carbocycles. The molecule has 4 nitrogen and oxygen atoms in total. The SMILES string of the molecule is CSC(C)/C=C/c1c(N2CCCCC2)nc(-c2ccccc2)n(-c2ccc(C)cc2)c1=O. The van der Waals surface area contributed by atoms with E-state index in [1.807, 2.05) is 60.7 Å². The summed E-state index contributed by atoms with van der Waals surface area (Å²) in [6.07, 6.45) is 9.68. The Morgan fingerprint density at radius 1 is 1.00 bits per heavy atom. The van der Waals surface area contributed by atoms with E-state index in [4.69, 9.17) is 4.98 Å². The van der Waals surface area contributed by atoms with E-state index in [2.05, 4.69) is 31.1 Å². The van der Waals surface area contributed by atoms with Crippen LogP contribution in [-0.2, 0) is 0 Å². The highest BCUT2D eigenvalue weighted by Gasteiger charge is 2.22. The van der Waals surface area contributed by atoms with E-state index in [-0.39, 0.29) is 5.56 Å². The lowest BCUT2D eigenvalue weighted by atomic mass is 10.1. The average molecular weight is 446 g/mol. The highest BCUT2D eigenvalue weighted by Crippen LogP contribution is 2.28. The number of piperidine rings is 1.